The van der Waals surface area contributed by atoms with Crippen molar-refractivity contribution in [1.29, 1.82) is 0 Å². The molecule has 0 radical (unpaired) electrons. The average Bonchev–Trinajstić information content (AvgIpc) is 2.57. The maximum Gasteiger partial charge on any atom is 0.239 e. The van der Waals surface area contributed by atoms with Gasteiger partial charge in [-0.1, -0.05) is 23.2 Å². The number of anilines is 2. The molecule has 2 aromatic rings. The summed E-state index contributed by atoms with van der Waals surface area (Å²) in [7, 11) is 1.50. The van der Waals surface area contributed by atoms with Gasteiger partial charge in [-0.15, -0.1) is 0 Å². The van der Waals surface area contributed by atoms with Gasteiger partial charge in [-0.2, -0.15) is 0 Å². The minimum Gasteiger partial charge on any atom is -0.495 e. The maximum atomic E-state index is 12.5. The van der Waals surface area contributed by atoms with Gasteiger partial charge in [0.1, 0.15) is 11.2 Å². The Morgan fingerprint density at radius 3 is 1.96 bits per heavy atom. The molecule has 5 nitrogen and oxygen atoms in total. The van der Waals surface area contributed by atoms with Crippen LogP contribution < -0.4 is 15.4 Å². The van der Waals surface area contributed by atoms with Crippen molar-refractivity contribution in [2.24, 2.45) is 5.41 Å². The molecule has 0 bridgehead atoms. The number of nitrogens with one attached hydrogen (secondary N) is 2. The fourth-order valence-electron chi connectivity index (χ4n) is 1.96. The molecule has 0 unspecified atom stereocenters. The SMILES string of the molecule is COc1ccc(NC(=O)C(C)(C)C(=O)Nc2ccc(Cl)cc2)cc1Cl. The van der Waals surface area contributed by atoms with Crippen molar-refractivity contribution in [3.63, 3.8) is 0 Å². The van der Waals surface area contributed by atoms with E-state index in [9.17, 15) is 9.59 Å². The second kappa shape index (κ2) is 7.76. The van der Waals surface area contributed by atoms with Gasteiger partial charge in [0, 0.05) is 16.4 Å². The van der Waals surface area contributed by atoms with Gasteiger partial charge in [-0.25, -0.2) is 0 Å². The molecule has 0 aliphatic rings. The van der Waals surface area contributed by atoms with Crippen molar-refractivity contribution in [3.05, 3.63) is 52.5 Å². The normalized spacial score (nSPS) is 10.9. The molecule has 2 N–H and O–H groups in total. The van der Waals surface area contributed by atoms with Gasteiger partial charge in [0.25, 0.3) is 0 Å². The fourth-order valence-corrected chi connectivity index (χ4v) is 2.34. The number of hydrogen-bond donors (Lipinski definition) is 2. The Kier molecular flexibility index (Phi) is 5.93. The van der Waals surface area contributed by atoms with Gasteiger partial charge in [0.05, 0.1) is 12.1 Å². The Hall–Kier alpha value is -2.24. The minimum absolute atomic E-state index is 0.365. The Labute approximate surface area is 156 Å². The molecule has 7 heteroatoms. The topological polar surface area (TPSA) is 67.4 Å². The van der Waals surface area contributed by atoms with Gasteiger partial charge >= 0.3 is 0 Å². The Balaban J connectivity index is 2.09. The average molecular weight is 381 g/mol. The largest absolute Gasteiger partial charge is 0.495 e. The number of carbonyl (C=O) groups is 2. The molecule has 0 spiro atoms. The third-order valence-corrected chi connectivity index (χ3v) is 4.19. The van der Waals surface area contributed by atoms with Crippen LogP contribution in [0, 0.1) is 5.41 Å². The number of amides is 2. The van der Waals surface area contributed by atoms with E-state index >= 15 is 0 Å². The van der Waals surface area contributed by atoms with E-state index in [0.29, 0.717) is 27.2 Å². The van der Waals surface area contributed by atoms with Crippen molar-refractivity contribution < 1.29 is 14.3 Å². The highest BCUT2D eigenvalue weighted by Crippen LogP contribution is 2.28. The first kappa shape index (κ1) is 19.1. The zero-order valence-electron chi connectivity index (χ0n) is 14.0. The summed E-state index contributed by atoms with van der Waals surface area (Å²) >= 11 is 11.9. The van der Waals surface area contributed by atoms with Crippen LogP contribution in [0.1, 0.15) is 13.8 Å². The number of benzene rings is 2. The predicted molar refractivity (Wildman–Crippen MR) is 100 cm³/mol. The number of ether oxygens (including phenoxy) is 1. The molecule has 2 aromatic carbocycles. The third kappa shape index (κ3) is 4.65. The summed E-state index contributed by atoms with van der Waals surface area (Å²) in [6.45, 7) is 3.08. The monoisotopic (exact) mass is 380 g/mol. The molecular weight excluding hydrogens is 363 g/mol. The number of carbonyl (C=O) groups excluding carboxylic acids is 2. The van der Waals surface area contributed by atoms with Crippen molar-refractivity contribution in [2.75, 3.05) is 17.7 Å². The molecule has 0 atom stereocenters. The first-order valence-corrected chi connectivity index (χ1v) is 8.21. The van der Waals surface area contributed by atoms with Gasteiger partial charge in [0.2, 0.25) is 11.8 Å². The van der Waals surface area contributed by atoms with Crippen LogP contribution in [0.15, 0.2) is 42.5 Å². The van der Waals surface area contributed by atoms with Crippen LogP contribution in [0.2, 0.25) is 10.0 Å². The van der Waals surface area contributed by atoms with E-state index < -0.39 is 17.2 Å². The Bertz CT molecular complexity index is 789. The van der Waals surface area contributed by atoms with Crippen molar-refractivity contribution >= 4 is 46.4 Å². The second-order valence-corrected chi connectivity index (χ2v) is 6.73. The summed E-state index contributed by atoms with van der Waals surface area (Å²) in [5, 5.41) is 6.32. The van der Waals surface area contributed by atoms with E-state index in [2.05, 4.69) is 10.6 Å². The smallest absolute Gasteiger partial charge is 0.239 e. The molecule has 2 rings (SSSR count). The van der Waals surface area contributed by atoms with Crippen molar-refractivity contribution in [3.8, 4) is 5.75 Å². The number of halogens is 2. The first-order valence-electron chi connectivity index (χ1n) is 7.46. The van der Waals surface area contributed by atoms with E-state index in [1.807, 2.05) is 0 Å². The Morgan fingerprint density at radius 2 is 1.44 bits per heavy atom. The summed E-state index contributed by atoms with van der Waals surface area (Å²) < 4.78 is 5.07. The van der Waals surface area contributed by atoms with Crippen molar-refractivity contribution in [1.82, 2.24) is 0 Å². The van der Waals surface area contributed by atoms with Gasteiger partial charge < -0.3 is 15.4 Å². The lowest BCUT2D eigenvalue weighted by Gasteiger charge is -2.23. The predicted octanol–water partition coefficient (Wildman–Crippen LogP) is 4.61. The van der Waals surface area contributed by atoms with Gasteiger partial charge in [0.15, 0.2) is 0 Å². The van der Waals surface area contributed by atoms with Gasteiger partial charge in [-0.05, 0) is 56.3 Å². The van der Waals surface area contributed by atoms with Crippen LogP contribution >= 0.6 is 23.2 Å². The molecule has 0 heterocycles. The maximum absolute atomic E-state index is 12.5. The van der Waals surface area contributed by atoms with E-state index in [1.165, 1.54) is 7.11 Å². The second-order valence-electron chi connectivity index (χ2n) is 5.89. The lowest BCUT2D eigenvalue weighted by atomic mass is 9.90. The van der Waals surface area contributed by atoms with E-state index in [0.717, 1.165) is 0 Å². The minimum atomic E-state index is -1.30. The van der Waals surface area contributed by atoms with E-state index in [4.69, 9.17) is 27.9 Å². The van der Waals surface area contributed by atoms with Crippen LogP contribution in [-0.4, -0.2) is 18.9 Å². The van der Waals surface area contributed by atoms with Crippen LogP contribution in [0.3, 0.4) is 0 Å². The molecule has 132 valence electrons. The molecule has 0 fully saturated rings. The summed E-state index contributed by atoms with van der Waals surface area (Å²) in [6.07, 6.45) is 0. The molecule has 0 aromatic heterocycles. The van der Waals surface area contributed by atoms with Crippen LogP contribution in [-0.2, 0) is 9.59 Å². The van der Waals surface area contributed by atoms with Crippen molar-refractivity contribution in [2.45, 2.75) is 13.8 Å². The summed E-state index contributed by atoms with van der Waals surface area (Å²) in [5.74, 6) is -0.397. The fraction of sp³-hybridized carbons (Fsp3) is 0.222. The lowest BCUT2D eigenvalue weighted by molar-refractivity contribution is -0.135. The first-order chi connectivity index (χ1) is 11.7. The highest BCUT2D eigenvalue weighted by atomic mass is 35.5. The zero-order valence-corrected chi connectivity index (χ0v) is 15.5. The molecule has 2 amide bonds. The van der Waals surface area contributed by atoms with E-state index in [-0.39, 0.29) is 0 Å². The molecule has 0 saturated heterocycles. The standard InChI is InChI=1S/C18H18Cl2N2O3/c1-18(2,16(23)21-12-6-4-11(19)5-7-12)17(24)22-13-8-9-15(25-3)14(20)10-13/h4-10H,1-3H3,(H,21,23)(H,22,24). The van der Waals surface area contributed by atoms with Crippen LogP contribution in [0.25, 0.3) is 0 Å². The number of hydrogen-bond acceptors (Lipinski definition) is 3. The highest BCUT2D eigenvalue weighted by molar-refractivity contribution is 6.32. The van der Waals surface area contributed by atoms with E-state index in [1.54, 1.807) is 56.3 Å². The lowest BCUT2D eigenvalue weighted by Crippen LogP contribution is -2.41. The molecular formula is C18H18Cl2N2O3. The summed E-state index contributed by atoms with van der Waals surface area (Å²) in [6, 6.07) is 11.5. The summed E-state index contributed by atoms with van der Waals surface area (Å²) in [4.78, 5) is 25.0. The number of methoxy groups -OCH3 is 1. The third-order valence-electron chi connectivity index (χ3n) is 3.65. The molecule has 0 aliphatic carbocycles. The molecule has 0 saturated carbocycles. The van der Waals surface area contributed by atoms with Crippen LogP contribution in [0.4, 0.5) is 11.4 Å². The Morgan fingerprint density at radius 1 is 0.920 bits per heavy atom. The zero-order chi connectivity index (χ0) is 18.6. The molecule has 25 heavy (non-hydrogen) atoms. The van der Waals surface area contributed by atoms with Crippen LogP contribution in [0.5, 0.6) is 5.75 Å². The number of rotatable bonds is 5. The highest BCUT2D eigenvalue weighted by Gasteiger charge is 2.36. The summed E-state index contributed by atoms with van der Waals surface area (Å²) in [5.41, 5.74) is -0.266. The van der Waals surface area contributed by atoms with Gasteiger partial charge in [-0.3, -0.25) is 9.59 Å². The quantitative estimate of drug-likeness (QED) is 0.744. The molecule has 0 aliphatic heterocycles.